The molecule has 6 nitrogen and oxygen atoms in total. The van der Waals surface area contributed by atoms with E-state index in [2.05, 4.69) is 15.1 Å². The third-order valence-electron chi connectivity index (χ3n) is 3.66. The van der Waals surface area contributed by atoms with E-state index in [9.17, 15) is 4.79 Å². The molecule has 1 aliphatic heterocycles. The highest BCUT2D eigenvalue weighted by atomic mass is 35.5. The van der Waals surface area contributed by atoms with E-state index in [1.165, 1.54) is 6.20 Å². The zero-order chi connectivity index (χ0) is 14.8. The summed E-state index contributed by atoms with van der Waals surface area (Å²) in [5.74, 6) is 0.230. The van der Waals surface area contributed by atoms with Gasteiger partial charge in [-0.1, -0.05) is 23.7 Å². The van der Waals surface area contributed by atoms with Crippen LogP contribution in [0.2, 0.25) is 5.02 Å². The molecule has 1 saturated heterocycles. The number of piperazine rings is 1. The van der Waals surface area contributed by atoms with Crippen molar-refractivity contribution in [2.24, 2.45) is 0 Å². The van der Waals surface area contributed by atoms with Crippen LogP contribution in [-0.4, -0.2) is 47.2 Å². The van der Waals surface area contributed by atoms with E-state index in [0.717, 1.165) is 23.8 Å². The SMILES string of the molecule is Nc1[nH]ncc1C(=O)N1CCN(c2ccccc2Cl)CC1. The number of carbonyl (C=O) groups excluding carboxylic acids is 1. The van der Waals surface area contributed by atoms with Gasteiger partial charge in [0.05, 0.1) is 16.9 Å². The van der Waals surface area contributed by atoms with Crippen LogP contribution < -0.4 is 10.6 Å². The first kappa shape index (κ1) is 13.8. The van der Waals surface area contributed by atoms with Crippen LogP contribution in [0.4, 0.5) is 11.5 Å². The molecule has 1 fully saturated rings. The van der Waals surface area contributed by atoms with Crippen LogP contribution in [0, 0.1) is 0 Å². The molecule has 0 spiro atoms. The Morgan fingerprint density at radius 1 is 1.24 bits per heavy atom. The van der Waals surface area contributed by atoms with Crippen LogP contribution in [0.5, 0.6) is 0 Å². The molecule has 1 aromatic carbocycles. The Kier molecular flexibility index (Phi) is 3.70. The first-order chi connectivity index (χ1) is 10.2. The maximum absolute atomic E-state index is 12.3. The summed E-state index contributed by atoms with van der Waals surface area (Å²) in [6, 6.07) is 7.74. The van der Waals surface area contributed by atoms with E-state index in [4.69, 9.17) is 17.3 Å². The lowest BCUT2D eigenvalue weighted by Gasteiger charge is -2.36. The Balaban J connectivity index is 1.67. The third kappa shape index (κ3) is 2.67. The van der Waals surface area contributed by atoms with Gasteiger partial charge in [-0.3, -0.25) is 9.89 Å². The molecule has 21 heavy (non-hydrogen) atoms. The van der Waals surface area contributed by atoms with Crippen LogP contribution in [0.3, 0.4) is 0 Å². The average Bonchev–Trinajstić information content (AvgIpc) is 2.93. The molecule has 0 aliphatic carbocycles. The number of amides is 1. The molecule has 0 atom stereocenters. The first-order valence-corrected chi connectivity index (χ1v) is 7.12. The summed E-state index contributed by atoms with van der Waals surface area (Å²) < 4.78 is 0. The Morgan fingerprint density at radius 2 is 1.95 bits per heavy atom. The number of halogens is 1. The first-order valence-electron chi connectivity index (χ1n) is 6.74. The van der Waals surface area contributed by atoms with Crippen LogP contribution >= 0.6 is 11.6 Å². The van der Waals surface area contributed by atoms with Gasteiger partial charge in [0.25, 0.3) is 5.91 Å². The zero-order valence-electron chi connectivity index (χ0n) is 11.4. The summed E-state index contributed by atoms with van der Waals surface area (Å²) in [5.41, 5.74) is 7.13. The van der Waals surface area contributed by atoms with Gasteiger partial charge in [0.2, 0.25) is 0 Å². The van der Waals surface area contributed by atoms with Gasteiger partial charge in [-0.05, 0) is 12.1 Å². The van der Waals surface area contributed by atoms with Crippen LogP contribution in [-0.2, 0) is 0 Å². The second-order valence-electron chi connectivity index (χ2n) is 4.93. The highest BCUT2D eigenvalue weighted by Gasteiger charge is 2.25. The number of nitrogens with zero attached hydrogens (tertiary/aromatic N) is 3. The van der Waals surface area contributed by atoms with Crippen molar-refractivity contribution in [1.82, 2.24) is 15.1 Å². The van der Waals surface area contributed by atoms with Crippen molar-refractivity contribution in [2.45, 2.75) is 0 Å². The lowest BCUT2D eigenvalue weighted by atomic mass is 10.2. The summed E-state index contributed by atoms with van der Waals surface area (Å²) in [6.45, 7) is 2.75. The predicted molar refractivity (Wildman–Crippen MR) is 82.6 cm³/mol. The van der Waals surface area contributed by atoms with Gasteiger partial charge in [0.15, 0.2) is 0 Å². The number of aromatic nitrogens is 2. The number of para-hydroxylation sites is 1. The molecule has 1 amide bonds. The Bertz CT molecular complexity index is 648. The smallest absolute Gasteiger partial charge is 0.259 e. The summed E-state index contributed by atoms with van der Waals surface area (Å²) in [5, 5.41) is 7.10. The van der Waals surface area contributed by atoms with Crippen LogP contribution in [0.15, 0.2) is 30.5 Å². The van der Waals surface area contributed by atoms with Crippen molar-refractivity contribution in [1.29, 1.82) is 0 Å². The molecule has 7 heteroatoms. The molecule has 2 heterocycles. The summed E-state index contributed by atoms with van der Waals surface area (Å²) in [7, 11) is 0. The standard InChI is InChI=1S/C14H16ClN5O/c15-11-3-1-2-4-12(11)19-5-7-20(8-6-19)14(21)10-9-17-18-13(10)16/h1-4,9H,5-8H2,(H3,16,17,18). The van der Waals surface area contributed by atoms with Crippen LogP contribution in [0.25, 0.3) is 0 Å². The van der Waals surface area contributed by atoms with Gasteiger partial charge in [-0.25, -0.2) is 0 Å². The number of aromatic amines is 1. The van der Waals surface area contributed by atoms with E-state index in [0.29, 0.717) is 24.5 Å². The number of nitrogens with one attached hydrogen (secondary N) is 1. The lowest BCUT2D eigenvalue weighted by molar-refractivity contribution is 0.0748. The predicted octanol–water partition coefficient (Wildman–Crippen LogP) is 1.61. The molecular formula is C14H16ClN5O. The number of nitrogens with two attached hydrogens (primary N) is 1. The number of benzene rings is 1. The van der Waals surface area contributed by atoms with Crippen molar-refractivity contribution in [3.8, 4) is 0 Å². The highest BCUT2D eigenvalue weighted by Crippen LogP contribution is 2.26. The van der Waals surface area contributed by atoms with E-state index < -0.39 is 0 Å². The molecule has 1 aliphatic rings. The molecule has 1 aromatic heterocycles. The van der Waals surface area contributed by atoms with E-state index in [1.54, 1.807) is 4.90 Å². The lowest BCUT2D eigenvalue weighted by Crippen LogP contribution is -2.48. The fourth-order valence-corrected chi connectivity index (χ4v) is 2.75. The van der Waals surface area contributed by atoms with E-state index >= 15 is 0 Å². The summed E-state index contributed by atoms with van der Waals surface area (Å²) in [6.07, 6.45) is 1.47. The molecule has 110 valence electrons. The molecule has 0 radical (unpaired) electrons. The van der Waals surface area contributed by atoms with Crippen molar-refractivity contribution in [3.63, 3.8) is 0 Å². The Hall–Kier alpha value is -2.21. The molecule has 0 saturated carbocycles. The fourth-order valence-electron chi connectivity index (χ4n) is 2.50. The number of hydrogen-bond acceptors (Lipinski definition) is 4. The number of carbonyl (C=O) groups is 1. The van der Waals surface area contributed by atoms with Crippen molar-refractivity contribution >= 4 is 29.0 Å². The van der Waals surface area contributed by atoms with Gasteiger partial charge in [0.1, 0.15) is 11.4 Å². The zero-order valence-corrected chi connectivity index (χ0v) is 12.2. The second-order valence-corrected chi connectivity index (χ2v) is 5.34. The molecule has 2 aromatic rings. The van der Waals surface area contributed by atoms with Crippen molar-refractivity contribution < 1.29 is 4.79 Å². The minimum absolute atomic E-state index is 0.0833. The average molecular weight is 306 g/mol. The number of hydrogen-bond donors (Lipinski definition) is 2. The number of H-pyrrole nitrogens is 1. The summed E-state index contributed by atoms with van der Waals surface area (Å²) >= 11 is 6.21. The quantitative estimate of drug-likeness (QED) is 0.883. The topological polar surface area (TPSA) is 78.2 Å². The minimum Gasteiger partial charge on any atom is -0.383 e. The monoisotopic (exact) mass is 305 g/mol. The highest BCUT2D eigenvalue weighted by molar-refractivity contribution is 6.33. The maximum atomic E-state index is 12.3. The van der Waals surface area contributed by atoms with E-state index in [-0.39, 0.29) is 5.91 Å². The van der Waals surface area contributed by atoms with E-state index in [1.807, 2.05) is 24.3 Å². The molecular weight excluding hydrogens is 290 g/mol. The Morgan fingerprint density at radius 3 is 2.57 bits per heavy atom. The number of nitrogen functional groups attached to an aromatic ring is 1. The van der Waals surface area contributed by atoms with Gasteiger partial charge < -0.3 is 15.5 Å². The molecule has 3 N–H and O–H groups in total. The molecule has 0 bridgehead atoms. The Labute approximate surface area is 127 Å². The third-order valence-corrected chi connectivity index (χ3v) is 3.98. The van der Waals surface area contributed by atoms with Gasteiger partial charge in [0, 0.05) is 26.2 Å². The van der Waals surface area contributed by atoms with Gasteiger partial charge in [-0.2, -0.15) is 5.10 Å². The number of anilines is 2. The molecule has 0 unspecified atom stereocenters. The van der Waals surface area contributed by atoms with Crippen molar-refractivity contribution in [3.05, 3.63) is 41.0 Å². The van der Waals surface area contributed by atoms with Gasteiger partial charge in [-0.15, -0.1) is 0 Å². The fraction of sp³-hybridized carbons (Fsp3) is 0.286. The second kappa shape index (κ2) is 5.65. The number of rotatable bonds is 2. The normalized spacial score (nSPS) is 15.3. The maximum Gasteiger partial charge on any atom is 0.259 e. The minimum atomic E-state index is -0.0833. The van der Waals surface area contributed by atoms with Gasteiger partial charge >= 0.3 is 0 Å². The van der Waals surface area contributed by atoms with Crippen LogP contribution in [0.1, 0.15) is 10.4 Å². The largest absolute Gasteiger partial charge is 0.383 e. The molecule has 3 rings (SSSR count). The van der Waals surface area contributed by atoms with Crippen molar-refractivity contribution in [2.75, 3.05) is 36.8 Å². The summed E-state index contributed by atoms with van der Waals surface area (Å²) in [4.78, 5) is 16.3.